The van der Waals surface area contributed by atoms with Crippen LogP contribution in [0.25, 0.3) is 11.1 Å². The van der Waals surface area contributed by atoms with E-state index in [4.69, 9.17) is 9.47 Å². The molecule has 8 heteroatoms. The van der Waals surface area contributed by atoms with Gasteiger partial charge in [-0.05, 0) is 40.5 Å². The number of nitrogens with one attached hydrogen (secondary N) is 1. The first kappa shape index (κ1) is 22.1. The summed E-state index contributed by atoms with van der Waals surface area (Å²) in [7, 11) is 0. The van der Waals surface area contributed by atoms with Crippen molar-refractivity contribution in [3.8, 4) is 11.1 Å². The van der Waals surface area contributed by atoms with Gasteiger partial charge in [0, 0.05) is 38.1 Å². The van der Waals surface area contributed by atoms with E-state index < -0.39 is 18.2 Å². The van der Waals surface area contributed by atoms with E-state index in [1.165, 1.54) is 11.1 Å². The number of carbonyl (C=O) groups is 3. The highest BCUT2D eigenvalue weighted by Gasteiger charge is 2.61. The summed E-state index contributed by atoms with van der Waals surface area (Å²) in [4.78, 5) is 38.4. The topological polar surface area (TPSA) is 105 Å². The molecule has 8 nitrogen and oxygen atoms in total. The molecule has 0 bridgehead atoms. The summed E-state index contributed by atoms with van der Waals surface area (Å²) in [6.45, 7) is 1.96. The van der Waals surface area contributed by atoms with Gasteiger partial charge in [0.05, 0.1) is 5.92 Å². The van der Waals surface area contributed by atoms with E-state index in [2.05, 4.69) is 29.6 Å². The van der Waals surface area contributed by atoms with Gasteiger partial charge >= 0.3 is 12.1 Å². The molecule has 2 heterocycles. The zero-order valence-corrected chi connectivity index (χ0v) is 19.3. The summed E-state index contributed by atoms with van der Waals surface area (Å²) in [6, 6.07) is 16.4. The van der Waals surface area contributed by atoms with Crippen LogP contribution in [-0.4, -0.2) is 66.9 Å². The molecule has 2 saturated heterocycles. The van der Waals surface area contributed by atoms with Crippen molar-refractivity contribution in [3.63, 3.8) is 0 Å². The second kappa shape index (κ2) is 8.68. The minimum atomic E-state index is -0.769. The fraction of sp³-hybridized carbons (Fsp3) is 0.444. The van der Waals surface area contributed by atoms with Crippen LogP contribution in [0.2, 0.25) is 0 Å². The van der Waals surface area contributed by atoms with Gasteiger partial charge < -0.3 is 24.8 Å². The lowest BCUT2D eigenvalue weighted by atomic mass is 9.98. The molecular weight excluding hydrogens is 448 g/mol. The molecule has 0 radical (unpaired) electrons. The average Bonchev–Trinajstić information content (AvgIpc) is 3.22. The molecule has 35 heavy (non-hydrogen) atoms. The first-order valence-electron chi connectivity index (χ1n) is 12.2. The molecule has 6 rings (SSSR count). The second-order valence-corrected chi connectivity index (χ2v) is 9.98. The van der Waals surface area contributed by atoms with Crippen LogP contribution in [0, 0.1) is 23.7 Å². The maximum atomic E-state index is 13.0. The minimum Gasteiger partial charge on any atom is -0.481 e. The molecule has 3 unspecified atom stereocenters. The number of benzene rings is 2. The summed E-state index contributed by atoms with van der Waals surface area (Å²) in [5, 5.41) is 12.0. The number of piperidine rings is 1. The Morgan fingerprint density at radius 3 is 2.26 bits per heavy atom. The lowest BCUT2D eigenvalue weighted by molar-refractivity contribution is -0.145. The molecule has 2 aromatic carbocycles. The Morgan fingerprint density at radius 1 is 1.00 bits per heavy atom. The van der Waals surface area contributed by atoms with Crippen molar-refractivity contribution < 1.29 is 29.0 Å². The molecule has 2 aliphatic carbocycles. The molecule has 4 aliphatic rings. The number of carboxylic acids is 1. The predicted molar refractivity (Wildman–Crippen MR) is 126 cm³/mol. The lowest BCUT2D eigenvalue weighted by Gasteiger charge is -2.25. The van der Waals surface area contributed by atoms with Gasteiger partial charge in [-0.3, -0.25) is 9.59 Å². The second-order valence-electron chi connectivity index (χ2n) is 9.98. The molecule has 5 atom stereocenters. The lowest BCUT2D eigenvalue weighted by Crippen LogP contribution is -2.45. The van der Waals surface area contributed by atoms with E-state index in [0.29, 0.717) is 32.7 Å². The Morgan fingerprint density at radius 2 is 1.63 bits per heavy atom. The van der Waals surface area contributed by atoms with Gasteiger partial charge in [0.25, 0.3) is 5.91 Å². The molecule has 2 aromatic rings. The maximum Gasteiger partial charge on any atom is 0.407 e. The third-order valence-corrected chi connectivity index (χ3v) is 8.10. The number of amides is 2. The molecule has 2 aliphatic heterocycles. The Balaban J connectivity index is 1.02. The number of rotatable bonds is 6. The highest BCUT2D eigenvalue weighted by Crippen LogP contribution is 2.52. The van der Waals surface area contributed by atoms with Crippen molar-refractivity contribution in [2.24, 2.45) is 23.7 Å². The minimum absolute atomic E-state index is 0.00600. The van der Waals surface area contributed by atoms with Gasteiger partial charge in [0.2, 0.25) is 0 Å². The van der Waals surface area contributed by atoms with Gasteiger partial charge in [-0.1, -0.05) is 48.5 Å². The van der Waals surface area contributed by atoms with Crippen molar-refractivity contribution in [2.45, 2.75) is 18.4 Å². The van der Waals surface area contributed by atoms with Crippen molar-refractivity contribution in [1.29, 1.82) is 0 Å². The summed E-state index contributed by atoms with van der Waals surface area (Å²) in [6.07, 6.45) is -0.431. The van der Waals surface area contributed by atoms with Gasteiger partial charge in [0.1, 0.15) is 12.7 Å². The number of aliphatic carboxylic acids is 1. The van der Waals surface area contributed by atoms with Gasteiger partial charge in [-0.25, -0.2) is 4.79 Å². The standard InChI is InChI=1S/C27H28N2O6/c30-25(29-12-20-21(13-29)23(20)26(31)32)24-15(9-10-34-24)11-28-27(33)35-14-22-18-7-3-1-5-16(18)17-6-2-4-8-19(17)22/h1-8,15,20-24H,9-14H2,(H,28,33)(H,31,32)/t15?,20-,21+,23?,24?. The van der Waals surface area contributed by atoms with Crippen LogP contribution in [-0.2, 0) is 19.1 Å². The first-order chi connectivity index (χ1) is 17.0. The summed E-state index contributed by atoms with van der Waals surface area (Å²) in [5.74, 6) is -1.18. The van der Waals surface area contributed by atoms with Crippen LogP contribution in [0.3, 0.4) is 0 Å². The van der Waals surface area contributed by atoms with Crippen molar-refractivity contribution in [2.75, 3.05) is 32.8 Å². The fourth-order valence-electron chi connectivity index (χ4n) is 6.23. The van der Waals surface area contributed by atoms with Gasteiger partial charge in [-0.2, -0.15) is 0 Å². The predicted octanol–water partition coefficient (Wildman–Crippen LogP) is 2.72. The largest absolute Gasteiger partial charge is 0.481 e. The molecule has 3 fully saturated rings. The van der Waals surface area contributed by atoms with E-state index in [1.54, 1.807) is 4.90 Å². The Bertz CT molecular complexity index is 1120. The number of hydrogen-bond donors (Lipinski definition) is 2. The molecule has 0 spiro atoms. The number of nitrogens with zero attached hydrogens (tertiary/aromatic N) is 1. The van der Waals surface area contributed by atoms with Crippen molar-refractivity contribution in [1.82, 2.24) is 10.2 Å². The number of hydrogen-bond acceptors (Lipinski definition) is 5. The van der Waals surface area contributed by atoms with Gasteiger partial charge in [-0.15, -0.1) is 0 Å². The average molecular weight is 477 g/mol. The van der Waals surface area contributed by atoms with Crippen LogP contribution >= 0.6 is 0 Å². The Labute approximate surface area is 203 Å². The third kappa shape index (κ3) is 3.86. The molecule has 2 N–H and O–H groups in total. The zero-order chi connectivity index (χ0) is 24.1. The number of alkyl carbamates (subject to hydrolysis) is 1. The SMILES string of the molecule is O=C(NCC1CCOC1C(=O)N1C[C@@H]2C(C(=O)O)[C@@H]2C1)OCC1c2ccccc2-c2ccccc21. The van der Waals surface area contributed by atoms with Crippen molar-refractivity contribution in [3.05, 3.63) is 59.7 Å². The number of fused-ring (bicyclic) bond motifs is 4. The summed E-state index contributed by atoms with van der Waals surface area (Å²) >= 11 is 0. The number of likely N-dealkylation sites (tertiary alicyclic amines) is 1. The molecular formula is C27H28N2O6. The molecule has 2 amide bonds. The van der Waals surface area contributed by atoms with Crippen molar-refractivity contribution >= 4 is 18.0 Å². The van der Waals surface area contributed by atoms with Crippen LogP contribution in [0.5, 0.6) is 0 Å². The monoisotopic (exact) mass is 476 g/mol. The third-order valence-electron chi connectivity index (χ3n) is 8.10. The first-order valence-corrected chi connectivity index (χ1v) is 12.2. The smallest absolute Gasteiger partial charge is 0.407 e. The number of carbonyl (C=O) groups excluding carboxylic acids is 2. The number of ether oxygens (including phenoxy) is 2. The van der Waals surface area contributed by atoms with Crippen LogP contribution in [0.1, 0.15) is 23.5 Å². The maximum absolute atomic E-state index is 13.0. The van der Waals surface area contributed by atoms with E-state index in [1.807, 2.05) is 24.3 Å². The number of carboxylic acid groups (broad SMARTS) is 1. The highest BCUT2D eigenvalue weighted by atomic mass is 16.5. The van der Waals surface area contributed by atoms with Gasteiger partial charge in [0.15, 0.2) is 0 Å². The summed E-state index contributed by atoms with van der Waals surface area (Å²) < 4.78 is 11.3. The summed E-state index contributed by atoms with van der Waals surface area (Å²) in [5.41, 5.74) is 4.67. The molecule has 0 aromatic heterocycles. The quantitative estimate of drug-likeness (QED) is 0.664. The normalized spacial score (nSPS) is 28.2. The molecule has 182 valence electrons. The van der Waals surface area contributed by atoms with Crippen LogP contribution < -0.4 is 5.32 Å². The highest BCUT2D eigenvalue weighted by molar-refractivity contribution is 5.83. The molecule has 1 saturated carbocycles. The van der Waals surface area contributed by atoms with E-state index in [9.17, 15) is 19.5 Å². The van der Waals surface area contributed by atoms with E-state index in [0.717, 1.165) is 11.1 Å². The Kier molecular flexibility index (Phi) is 5.48. The van der Waals surface area contributed by atoms with Crippen LogP contribution in [0.4, 0.5) is 4.79 Å². The Hall–Kier alpha value is -3.39. The van der Waals surface area contributed by atoms with E-state index in [-0.39, 0.29) is 42.1 Å². The zero-order valence-electron chi connectivity index (χ0n) is 19.3. The van der Waals surface area contributed by atoms with E-state index >= 15 is 0 Å². The van der Waals surface area contributed by atoms with Crippen LogP contribution in [0.15, 0.2) is 48.5 Å². The fourth-order valence-corrected chi connectivity index (χ4v) is 6.23.